The molecule has 0 bridgehead atoms. The van der Waals surface area contributed by atoms with Crippen LogP contribution in [0.4, 0.5) is 11.5 Å². The third-order valence-electron chi connectivity index (χ3n) is 3.26. The third-order valence-corrected chi connectivity index (χ3v) is 3.26. The summed E-state index contributed by atoms with van der Waals surface area (Å²) in [4.78, 5) is 21.4. The Morgan fingerprint density at radius 3 is 3.05 bits per heavy atom. The van der Waals surface area contributed by atoms with Crippen LogP contribution in [0, 0.1) is 0 Å². The van der Waals surface area contributed by atoms with Crippen LogP contribution in [0.25, 0.3) is 0 Å². The Kier molecular flexibility index (Phi) is 4.60. The summed E-state index contributed by atoms with van der Waals surface area (Å²) in [5.41, 5.74) is 6.43. The van der Waals surface area contributed by atoms with Crippen LogP contribution >= 0.6 is 0 Å². The number of nitrogen functional groups attached to an aromatic ring is 1. The molecule has 1 aliphatic rings. The molecule has 20 heavy (non-hydrogen) atoms. The summed E-state index contributed by atoms with van der Waals surface area (Å²) in [5, 5.41) is 3.27. The van der Waals surface area contributed by atoms with Gasteiger partial charge in [-0.3, -0.25) is 4.79 Å². The maximum Gasteiger partial charge on any atom is 0.242 e. The third kappa shape index (κ3) is 3.28. The molecule has 1 fully saturated rings. The molecule has 1 amide bonds. The Hall–Kier alpha value is -2.05. The first-order valence-electron chi connectivity index (χ1n) is 6.85. The van der Waals surface area contributed by atoms with Crippen LogP contribution in [-0.4, -0.2) is 47.0 Å². The molecular weight excluding hydrogens is 258 g/mol. The maximum absolute atomic E-state index is 11.5. The second-order valence-electron chi connectivity index (χ2n) is 4.94. The average Bonchev–Trinajstić information content (AvgIpc) is 2.44. The van der Waals surface area contributed by atoms with Crippen molar-refractivity contribution < 1.29 is 9.53 Å². The number of nitrogens with two attached hydrogens (primary N) is 1. The van der Waals surface area contributed by atoms with Crippen LogP contribution < -0.4 is 15.8 Å². The van der Waals surface area contributed by atoms with Gasteiger partial charge in [0.2, 0.25) is 11.8 Å². The zero-order valence-electron chi connectivity index (χ0n) is 11.9. The number of hydrogen-bond donors (Lipinski definition) is 2. The van der Waals surface area contributed by atoms with Crippen LogP contribution in [0.5, 0.6) is 5.88 Å². The van der Waals surface area contributed by atoms with Gasteiger partial charge in [-0.15, -0.1) is 0 Å². The first kappa shape index (κ1) is 14.4. The van der Waals surface area contributed by atoms with Crippen LogP contribution in [0.1, 0.15) is 26.2 Å². The highest BCUT2D eigenvalue weighted by molar-refractivity contribution is 5.77. The number of amides is 1. The van der Waals surface area contributed by atoms with E-state index >= 15 is 0 Å². The molecule has 0 aliphatic carbocycles. The summed E-state index contributed by atoms with van der Waals surface area (Å²) in [6, 6.07) is 0.147. The summed E-state index contributed by atoms with van der Waals surface area (Å²) in [6.07, 6.45) is 3.64. The van der Waals surface area contributed by atoms with Gasteiger partial charge in [-0.05, 0) is 12.8 Å². The van der Waals surface area contributed by atoms with E-state index < -0.39 is 0 Å². The summed E-state index contributed by atoms with van der Waals surface area (Å²) in [5.74, 6) is 1.15. The van der Waals surface area contributed by atoms with Crippen LogP contribution in [0.15, 0.2) is 6.33 Å². The van der Waals surface area contributed by atoms with Gasteiger partial charge in [0.15, 0.2) is 5.82 Å². The number of ether oxygens (including phenoxy) is 1. The number of nitrogens with one attached hydrogen (secondary N) is 1. The molecule has 1 saturated heterocycles. The van der Waals surface area contributed by atoms with Crippen molar-refractivity contribution >= 4 is 17.4 Å². The highest BCUT2D eigenvalue weighted by Crippen LogP contribution is 2.26. The lowest BCUT2D eigenvalue weighted by Crippen LogP contribution is -2.43. The molecule has 1 atom stereocenters. The molecule has 0 aromatic carbocycles. The molecule has 7 heteroatoms. The Labute approximate surface area is 118 Å². The second kappa shape index (κ2) is 6.40. The number of likely N-dealkylation sites (N-methyl/N-ethyl adjacent to an activating group) is 1. The van der Waals surface area contributed by atoms with Gasteiger partial charge in [0, 0.05) is 26.1 Å². The van der Waals surface area contributed by atoms with E-state index in [1.165, 1.54) is 6.33 Å². The number of aromatic nitrogens is 2. The number of nitrogens with zero attached hydrogens (tertiary/aromatic N) is 3. The number of hydrogen-bond acceptors (Lipinski definition) is 6. The summed E-state index contributed by atoms with van der Waals surface area (Å²) >= 11 is 0. The van der Waals surface area contributed by atoms with Crippen molar-refractivity contribution in [1.29, 1.82) is 0 Å². The van der Waals surface area contributed by atoms with E-state index in [1.807, 2.05) is 6.92 Å². The van der Waals surface area contributed by atoms with E-state index in [1.54, 1.807) is 11.9 Å². The van der Waals surface area contributed by atoms with Crippen LogP contribution in [0.3, 0.4) is 0 Å². The highest BCUT2D eigenvalue weighted by atomic mass is 16.5. The first-order chi connectivity index (χ1) is 9.61. The molecule has 2 rings (SSSR count). The number of rotatable bonds is 5. The number of carbonyl (C=O) groups excluding carboxylic acids is 1. The molecule has 0 saturated carbocycles. The molecule has 2 heterocycles. The minimum atomic E-state index is 0.147. The topological polar surface area (TPSA) is 93.4 Å². The van der Waals surface area contributed by atoms with Gasteiger partial charge in [0.05, 0.1) is 6.61 Å². The van der Waals surface area contributed by atoms with Crippen molar-refractivity contribution in [1.82, 2.24) is 14.9 Å². The monoisotopic (exact) mass is 279 g/mol. The average molecular weight is 279 g/mol. The summed E-state index contributed by atoms with van der Waals surface area (Å²) in [7, 11) is 1.80. The van der Waals surface area contributed by atoms with Crippen molar-refractivity contribution in [3.05, 3.63) is 6.33 Å². The highest BCUT2D eigenvalue weighted by Gasteiger charge is 2.24. The van der Waals surface area contributed by atoms with E-state index in [2.05, 4.69) is 15.3 Å². The van der Waals surface area contributed by atoms with E-state index in [-0.39, 0.29) is 11.9 Å². The molecule has 1 aromatic heterocycles. The van der Waals surface area contributed by atoms with E-state index in [0.29, 0.717) is 37.0 Å². The van der Waals surface area contributed by atoms with Crippen molar-refractivity contribution in [2.75, 3.05) is 31.2 Å². The van der Waals surface area contributed by atoms with Crippen molar-refractivity contribution in [2.24, 2.45) is 0 Å². The minimum Gasteiger partial charge on any atom is -0.476 e. The van der Waals surface area contributed by atoms with Gasteiger partial charge in [0.1, 0.15) is 12.0 Å². The molecule has 1 unspecified atom stereocenters. The second-order valence-corrected chi connectivity index (χ2v) is 4.94. The molecule has 110 valence electrons. The van der Waals surface area contributed by atoms with Crippen molar-refractivity contribution in [3.8, 4) is 5.88 Å². The van der Waals surface area contributed by atoms with Gasteiger partial charge in [0.25, 0.3) is 0 Å². The fourth-order valence-electron chi connectivity index (χ4n) is 2.13. The molecule has 1 aliphatic heterocycles. The lowest BCUT2D eigenvalue weighted by molar-refractivity contribution is -0.132. The number of carbonyl (C=O) groups is 1. The van der Waals surface area contributed by atoms with Crippen LogP contribution in [-0.2, 0) is 4.79 Å². The van der Waals surface area contributed by atoms with Crippen molar-refractivity contribution in [3.63, 3.8) is 0 Å². The first-order valence-corrected chi connectivity index (χ1v) is 6.85. The minimum absolute atomic E-state index is 0.147. The predicted molar refractivity (Wildman–Crippen MR) is 76.5 cm³/mol. The SMILES string of the molecule is CCCOc1ncnc(NC2CCC(=O)N(C)C2)c1N. The van der Waals surface area contributed by atoms with E-state index in [0.717, 1.165) is 12.8 Å². The van der Waals surface area contributed by atoms with E-state index in [9.17, 15) is 4.79 Å². The summed E-state index contributed by atoms with van der Waals surface area (Å²) < 4.78 is 5.47. The zero-order chi connectivity index (χ0) is 14.5. The lowest BCUT2D eigenvalue weighted by Gasteiger charge is -2.30. The molecule has 7 nitrogen and oxygen atoms in total. The zero-order valence-corrected chi connectivity index (χ0v) is 11.9. The molecule has 1 aromatic rings. The van der Waals surface area contributed by atoms with E-state index in [4.69, 9.17) is 10.5 Å². The van der Waals surface area contributed by atoms with Crippen LogP contribution in [0.2, 0.25) is 0 Å². The molecule has 0 radical (unpaired) electrons. The quantitative estimate of drug-likeness (QED) is 0.831. The van der Waals surface area contributed by atoms with Gasteiger partial charge < -0.3 is 20.7 Å². The molecular formula is C13H21N5O2. The van der Waals surface area contributed by atoms with Gasteiger partial charge in [-0.25, -0.2) is 4.98 Å². The molecule has 0 spiro atoms. The number of piperidine rings is 1. The Morgan fingerprint density at radius 1 is 1.55 bits per heavy atom. The normalized spacial score (nSPS) is 19.0. The largest absolute Gasteiger partial charge is 0.476 e. The lowest BCUT2D eigenvalue weighted by atomic mass is 10.1. The summed E-state index contributed by atoms with van der Waals surface area (Å²) in [6.45, 7) is 3.24. The predicted octanol–water partition coefficient (Wildman–Crippen LogP) is 0.880. The van der Waals surface area contributed by atoms with Gasteiger partial charge >= 0.3 is 0 Å². The molecule has 3 N–H and O–H groups in total. The Bertz CT molecular complexity index is 480. The maximum atomic E-state index is 11.5. The van der Waals surface area contributed by atoms with Crippen molar-refractivity contribution in [2.45, 2.75) is 32.2 Å². The smallest absolute Gasteiger partial charge is 0.242 e. The van der Waals surface area contributed by atoms with Gasteiger partial charge in [-0.1, -0.05) is 6.92 Å². The Balaban J connectivity index is 2.04. The fourth-order valence-corrected chi connectivity index (χ4v) is 2.13. The fraction of sp³-hybridized carbons (Fsp3) is 0.615. The standard InChI is InChI=1S/C13H21N5O2/c1-3-6-20-13-11(14)12(15-8-16-13)17-9-4-5-10(19)18(2)7-9/h8-9H,3-7,14H2,1-2H3,(H,15,16,17). The Morgan fingerprint density at radius 2 is 2.35 bits per heavy atom. The number of likely N-dealkylation sites (tertiary alicyclic amines) is 1. The van der Waals surface area contributed by atoms with Gasteiger partial charge in [-0.2, -0.15) is 4.98 Å². The number of anilines is 2.